The van der Waals surface area contributed by atoms with E-state index in [-0.39, 0.29) is 23.8 Å². The smallest absolute Gasteiger partial charge is 0.353 e. The molecule has 1 atom stereocenters. The fraction of sp³-hybridized carbons (Fsp3) is 0.615. The Kier molecular flexibility index (Phi) is 2.91. The highest BCUT2D eigenvalue weighted by atomic mass is 16.5. The summed E-state index contributed by atoms with van der Waals surface area (Å²) >= 11 is 0. The first-order chi connectivity index (χ1) is 8.73. The van der Waals surface area contributed by atoms with Crippen LogP contribution >= 0.6 is 0 Å². The lowest BCUT2D eigenvalue weighted by molar-refractivity contribution is -0.155. The Morgan fingerprint density at radius 2 is 2.11 bits per heavy atom. The zero-order chi connectivity index (χ0) is 14.4. The minimum absolute atomic E-state index is 0.0363. The first-order valence-electron chi connectivity index (χ1n) is 6.19. The largest absolute Gasteiger partial charge is 0.442 e. The molecular formula is C13H19N3O3. The quantitative estimate of drug-likeness (QED) is 0.772. The average molecular weight is 265 g/mol. The van der Waals surface area contributed by atoms with Crippen molar-refractivity contribution in [3.05, 3.63) is 22.9 Å². The summed E-state index contributed by atoms with van der Waals surface area (Å²) in [5.74, 6) is 0.226. The van der Waals surface area contributed by atoms with Crippen LogP contribution in [0.25, 0.3) is 6.20 Å². The minimum atomic E-state index is -0.452. The van der Waals surface area contributed by atoms with E-state index >= 15 is 0 Å². The number of ether oxygens (including phenoxy) is 1. The molecule has 1 aromatic heterocycles. The molecule has 1 saturated carbocycles. The van der Waals surface area contributed by atoms with Crippen LogP contribution in [0, 0.1) is 17.8 Å². The van der Waals surface area contributed by atoms with E-state index in [0.29, 0.717) is 5.82 Å². The fourth-order valence-electron chi connectivity index (χ4n) is 2.29. The van der Waals surface area contributed by atoms with Gasteiger partial charge in [-0.15, -0.1) is 0 Å². The summed E-state index contributed by atoms with van der Waals surface area (Å²) in [7, 11) is 0. The monoisotopic (exact) mass is 265 g/mol. The van der Waals surface area contributed by atoms with Crippen LogP contribution in [0.5, 0.6) is 0 Å². The number of nitrogens with zero attached hydrogens (tertiary/aromatic N) is 3. The molecule has 0 amide bonds. The van der Waals surface area contributed by atoms with Crippen molar-refractivity contribution < 1.29 is 9.53 Å². The molecule has 0 aromatic carbocycles. The molecule has 0 saturated heterocycles. The van der Waals surface area contributed by atoms with E-state index in [1.165, 1.54) is 10.8 Å². The number of esters is 1. The number of hydrogen-bond donors (Lipinski definition) is 0. The Bertz CT molecular complexity index is 597. The van der Waals surface area contributed by atoms with Crippen molar-refractivity contribution in [2.24, 2.45) is 10.8 Å². The van der Waals surface area contributed by atoms with E-state index in [9.17, 15) is 9.59 Å². The first-order valence-corrected chi connectivity index (χ1v) is 6.19. The van der Waals surface area contributed by atoms with Crippen molar-refractivity contribution >= 4 is 12.2 Å². The standard InChI is InChI=1S/C13H19N3O3/c1-6-15-9(2)14-16(11(15)18)8-19-10(17)13(5)7-12(13,3)4/h6H,1,7-8H2,2-5H3. The molecule has 1 aromatic rings. The molecule has 19 heavy (non-hydrogen) atoms. The highest BCUT2D eigenvalue weighted by molar-refractivity contribution is 5.81. The van der Waals surface area contributed by atoms with E-state index in [0.717, 1.165) is 11.1 Å². The molecule has 2 rings (SSSR count). The molecule has 0 spiro atoms. The topological polar surface area (TPSA) is 66.1 Å². The molecule has 1 unspecified atom stereocenters. The third-order valence-corrected chi connectivity index (χ3v) is 4.16. The lowest BCUT2D eigenvalue weighted by Gasteiger charge is -2.13. The van der Waals surface area contributed by atoms with Crippen LogP contribution in [0.4, 0.5) is 0 Å². The molecule has 6 heteroatoms. The van der Waals surface area contributed by atoms with Gasteiger partial charge in [-0.3, -0.25) is 9.36 Å². The number of carbonyl (C=O) groups is 1. The number of rotatable bonds is 4. The molecule has 1 aliphatic carbocycles. The van der Waals surface area contributed by atoms with Crippen molar-refractivity contribution in [2.75, 3.05) is 0 Å². The summed E-state index contributed by atoms with van der Waals surface area (Å²) in [6, 6.07) is 0. The maximum Gasteiger partial charge on any atom is 0.353 e. The van der Waals surface area contributed by atoms with Gasteiger partial charge in [-0.05, 0) is 25.7 Å². The number of hydrogen-bond acceptors (Lipinski definition) is 4. The predicted molar refractivity (Wildman–Crippen MR) is 70.2 cm³/mol. The first kappa shape index (κ1) is 13.6. The molecule has 0 bridgehead atoms. The van der Waals surface area contributed by atoms with Crippen LogP contribution in [0.1, 0.15) is 33.0 Å². The third kappa shape index (κ3) is 2.01. The third-order valence-electron chi connectivity index (χ3n) is 4.16. The Hall–Kier alpha value is -1.85. The van der Waals surface area contributed by atoms with Gasteiger partial charge in [0.05, 0.1) is 5.41 Å². The van der Waals surface area contributed by atoms with Gasteiger partial charge in [0.15, 0.2) is 6.73 Å². The summed E-state index contributed by atoms with van der Waals surface area (Å²) in [6.45, 7) is 11.0. The van der Waals surface area contributed by atoms with E-state index in [2.05, 4.69) is 11.7 Å². The van der Waals surface area contributed by atoms with Gasteiger partial charge in [-0.1, -0.05) is 20.4 Å². The molecule has 1 aliphatic rings. The summed E-state index contributed by atoms with van der Waals surface area (Å²) in [5.41, 5.74) is -0.849. The van der Waals surface area contributed by atoms with Gasteiger partial charge in [-0.25, -0.2) is 4.79 Å². The summed E-state index contributed by atoms with van der Waals surface area (Å²) < 4.78 is 7.62. The second kappa shape index (κ2) is 4.08. The number of carbonyl (C=O) groups excluding carboxylic acids is 1. The van der Waals surface area contributed by atoms with Crippen LogP contribution in [-0.4, -0.2) is 20.3 Å². The van der Waals surface area contributed by atoms with Gasteiger partial charge < -0.3 is 4.74 Å². The molecule has 0 radical (unpaired) electrons. The second-order valence-electron chi connectivity index (χ2n) is 5.84. The van der Waals surface area contributed by atoms with Crippen LogP contribution in [0.3, 0.4) is 0 Å². The van der Waals surface area contributed by atoms with Gasteiger partial charge in [0.2, 0.25) is 0 Å². The minimum Gasteiger partial charge on any atom is -0.442 e. The maximum absolute atomic E-state index is 12.0. The maximum atomic E-state index is 12.0. The van der Waals surface area contributed by atoms with E-state index in [1.54, 1.807) is 6.92 Å². The summed E-state index contributed by atoms with van der Waals surface area (Å²) in [6.07, 6.45) is 2.18. The highest BCUT2D eigenvalue weighted by Crippen LogP contribution is 2.63. The van der Waals surface area contributed by atoms with Crippen LogP contribution in [-0.2, 0) is 16.3 Å². The van der Waals surface area contributed by atoms with Gasteiger partial charge in [0.1, 0.15) is 5.82 Å². The van der Waals surface area contributed by atoms with Crippen LogP contribution in [0.15, 0.2) is 11.4 Å². The molecule has 6 nitrogen and oxygen atoms in total. The second-order valence-corrected chi connectivity index (χ2v) is 5.84. The highest BCUT2D eigenvalue weighted by Gasteiger charge is 2.63. The Balaban J connectivity index is 2.07. The fourth-order valence-corrected chi connectivity index (χ4v) is 2.29. The predicted octanol–water partition coefficient (Wildman–Crippen LogP) is 1.39. The normalized spacial score (nSPS) is 24.0. The number of aryl methyl sites for hydroxylation is 1. The molecular weight excluding hydrogens is 246 g/mol. The Morgan fingerprint density at radius 1 is 1.53 bits per heavy atom. The molecule has 1 heterocycles. The van der Waals surface area contributed by atoms with Gasteiger partial charge in [0, 0.05) is 6.20 Å². The molecule has 0 aliphatic heterocycles. The SMILES string of the molecule is C=Cn1c(C)nn(COC(=O)C2(C)CC2(C)C)c1=O. The van der Waals surface area contributed by atoms with Gasteiger partial charge >= 0.3 is 11.7 Å². The summed E-state index contributed by atoms with van der Waals surface area (Å²) in [5, 5.41) is 4.01. The Labute approximate surface area is 111 Å². The van der Waals surface area contributed by atoms with Crippen molar-refractivity contribution in [1.82, 2.24) is 14.3 Å². The van der Waals surface area contributed by atoms with Crippen molar-refractivity contribution in [2.45, 2.75) is 40.8 Å². The van der Waals surface area contributed by atoms with Crippen molar-refractivity contribution in [3.63, 3.8) is 0 Å². The molecule has 1 fully saturated rings. The lowest BCUT2D eigenvalue weighted by atomic mass is 9.99. The summed E-state index contributed by atoms with van der Waals surface area (Å²) in [4.78, 5) is 23.8. The van der Waals surface area contributed by atoms with E-state index in [1.807, 2.05) is 20.8 Å². The zero-order valence-electron chi connectivity index (χ0n) is 11.8. The van der Waals surface area contributed by atoms with E-state index < -0.39 is 5.41 Å². The molecule has 0 N–H and O–H groups in total. The van der Waals surface area contributed by atoms with Gasteiger partial charge in [-0.2, -0.15) is 9.78 Å². The number of aromatic nitrogens is 3. The van der Waals surface area contributed by atoms with Crippen LogP contribution < -0.4 is 5.69 Å². The van der Waals surface area contributed by atoms with Crippen molar-refractivity contribution in [3.8, 4) is 0 Å². The zero-order valence-corrected chi connectivity index (χ0v) is 11.8. The Morgan fingerprint density at radius 3 is 2.53 bits per heavy atom. The van der Waals surface area contributed by atoms with Crippen molar-refractivity contribution in [1.29, 1.82) is 0 Å². The lowest BCUT2D eigenvalue weighted by Crippen LogP contribution is -2.27. The molecule has 104 valence electrons. The average Bonchev–Trinajstić information content (AvgIpc) is 2.72. The van der Waals surface area contributed by atoms with Crippen LogP contribution in [0.2, 0.25) is 0 Å². The van der Waals surface area contributed by atoms with E-state index in [4.69, 9.17) is 4.74 Å². The van der Waals surface area contributed by atoms with Gasteiger partial charge in [0.25, 0.3) is 0 Å².